The molecule has 1 unspecified atom stereocenters. The van der Waals surface area contributed by atoms with E-state index in [1.807, 2.05) is 24.3 Å². The SMILES string of the molecule is O=C(O)[C@@H]1C[C@H](O)CN1C(=O)C1Cc2ccccc2S1. The number of hydrogen-bond donors (Lipinski definition) is 2. The molecule has 2 aliphatic rings. The zero-order valence-electron chi connectivity index (χ0n) is 10.7. The lowest BCUT2D eigenvalue weighted by Crippen LogP contribution is -2.44. The number of aliphatic hydroxyl groups excluding tert-OH is 1. The van der Waals surface area contributed by atoms with E-state index in [9.17, 15) is 14.7 Å². The van der Waals surface area contributed by atoms with Crippen LogP contribution in [0.5, 0.6) is 0 Å². The third-order valence-corrected chi connectivity index (χ3v) is 5.07. The standard InChI is InChI=1S/C14H15NO4S/c16-9-6-10(14(18)19)15(7-9)13(17)12-5-8-3-1-2-4-11(8)20-12/h1-4,9-10,12,16H,5-7H2,(H,18,19)/t9-,10-,12?/m0/s1. The Morgan fingerprint density at radius 1 is 1.30 bits per heavy atom. The monoisotopic (exact) mass is 293 g/mol. The molecular weight excluding hydrogens is 278 g/mol. The van der Waals surface area contributed by atoms with Gasteiger partial charge >= 0.3 is 5.97 Å². The molecule has 0 aromatic heterocycles. The van der Waals surface area contributed by atoms with E-state index in [0.29, 0.717) is 6.42 Å². The van der Waals surface area contributed by atoms with Crippen molar-refractivity contribution < 1.29 is 19.8 Å². The molecule has 106 valence electrons. The number of thioether (sulfide) groups is 1. The number of amides is 1. The van der Waals surface area contributed by atoms with Gasteiger partial charge in [0.05, 0.1) is 11.4 Å². The van der Waals surface area contributed by atoms with Crippen molar-refractivity contribution in [2.24, 2.45) is 0 Å². The van der Waals surface area contributed by atoms with Crippen molar-refractivity contribution in [2.45, 2.75) is 35.1 Å². The molecule has 1 aromatic rings. The van der Waals surface area contributed by atoms with Crippen LogP contribution in [-0.4, -0.2) is 50.9 Å². The molecule has 0 radical (unpaired) electrons. The molecule has 3 rings (SSSR count). The van der Waals surface area contributed by atoms with E-state index in [2.05, 4.69) is 0 Å². The van der Waals surface area contributed by atoms with Gasteiger partial charge in [-0.3, -0.25) is 4.79 Å². The van der Waals surface area contributed by atoms with Crippen molar-refractivity contribution >= 4 is 23.6 Å². The molecular formula is C14H15NO4S. The molecule has 3 atom stereocenters. The second-order valence-electron chi connectivity index (χ2n) is 5.15. The van der Waals surface area contributed by atoms with Gasteiger partial charge in [0, 0.05) is 17.9 Å². The average Bonchev–Trinajstić information content (AvgIpc) is 3.01. The molecule has 1 aromatic carbocycles. The largest absolute Gasteiger partial charge is 0.480 e. The molecule has 6 heteroatoms. The van der Waals surface area contributed by atoms with Gasteiger partial charge in [-0.25, -0.2) is 4.79 Å². The number of rotatable bonds is 2. The second kappa shape index (κ2) is 5.10. The fraction of sp³-hybridized carbons (Fsp3) is 0.429. The van der Waals surface area contributed by atoms with Crippen molar-refractivity contribution in [3.8, 4) is 0 Å². The van der Waals surface area contributed by atoms with Crippen LogP contribution in [0.25, 0.3) is 0 Å². The Kier molecular flexibility index (Phi) is 3.43. The quantitative estimate of drug-likeness (QED) is 0.841. The highest BCUT2D eigenvalue weighted by Crippen LogP contribution is 2.38. The minimum atomic E-state index is -1.05. The molecule has 5 nitrogen and oxygen atoms in total. The number of carboxylic acids is 1. The first-order valence-corrected chi connectivity index (χ1v) is 7.40. The van der Waals surface area contributed by atoms with Gasteiger partial charge in [-0.2, -0.15) is 0 Å². The lowest BCUT2D eigenvalue weighted by atomic mass is 10.1. The fourth-order valence-corrected chi connectivity index (χ4v) is 4.06. The zero-order valence-corrected chi connectivity index (χ0v) is 11.5. The first-order chi connectivity index (χ1) is 9.56. The maximum Gasteiger partial charge on any atom is 0.326 e. The summed E-state index contributed by atoms with van der Waals surface area (Å²) in [7, 11) is 0. The Labute approximate surface area is 120 Å². The Balaban J connectivity index is 1.76. The first kappa shape index (κ1) is 13.5. The number of benzene rings is 1. The van der Waals surface area contributed by atoms with Crippen LogP contribution >= 0.6 is 11.8 Å². The number of carbonyl (C=O) groups excluding carboxylic acids is 1. The van der Waals surface area contributed by atoms with Gasteiger partial charge < -0.3 is 15.1 Å². The number of hydrogen-bond acceptors (Lipinski definition) is 4. The van der Waals surface area contributed by atoms with Crippen molar-refractivity contribution in [1.82, 2.24) is 4.90 Å². The predicted molar refractivity (Wildman–Crippen MR) is 73.6 cm³/mol. The lowest BCUT2D eigenvalue weighted by molar-refractivity contribution is -0.148. The van der Waals surface area contributed by atoms with Crippen molar-refractivity contribution in [3.05, 3.63) is 29.8 Å². The van der Waals surface area contributed by atoms with Crippen LogP contribution in [0.15, 0.2) is 29.2 Å². The smallest absolute Gasteiger partial charge is 0.326 e. The van der Waals surface area contributed by atoms with Gasteiger partial charge in [-0.1, -0.05) is 18.2 Å². The highest BCUT2D eigenvalue weighted by Gasteiger charge is 2.42. The van der Waals surface area contributed by atoms with Gasteiger partial charge in [-0.05, 0) is 18.1 Å². The highest BCUT2D eigenvalue weighted by atomic mass is 32.2. The van der Waals surface area contributed by atoms with Gasteiger partial charge in [0.25, 0.3) is 0 Å². The van der Waals surface area contributed by atoms with Crippen LogP contribution in [0, 0.1) is 0 Å². The van der Waals surface area contributed by atoms with E-state index in [-0.39, 0.29) is 24.1 Å². The number of aliphatic hydroxyl groups is 1. The third-order valence-electron chi connectivity index (χ3n) is 3.77. The number of aliphatic carboxylic acids is 1. The maximum atomic E-state index is 12.5. The maximum absolute atomic E-state index is 12.5. The van der Waals surface area contributed by atoms with E-state index < -0.39 is 18.1 Å². The molecule has 1 amide bonds. The molecule has 0 aliphatic carbocycles. The summed E-state index contributed by atoms with van der Waals surface area (Å²) in [6.45, 7) is 0.114. The number of β-amino-alcohol motifs (C(OH)–C–C–N with tert-alkyl or cyclic N) is 1. The topological polar surface area (TPSA) is 77.8 Å². The van der Waals surface area contributed by atoms with Gasteiger partial charge in [0.1, 0.15) is 6.04 Å². The summed E-state index contributed by atoms with van der Waals surface area (Å²) in [5.41, 5.74) is 1.13. The molecule has 2 N–H and O–H groups in total. The normalized spacial score (nSPS) is 28.4. The Bertz CT molecular complexity index is 537. The van der Waals surface area contributed by atoms with Crippen LogP contribution in [0.4, 0.5) is 0 Å². The summed E-state index contributed by atoms with van der Waals surface area (Å²) in [4.78, 5) is 26.1. The molecule has 0 bridgehead atoms. The van der Waals surface area contributed by atoms with E-state index in [0.717, 1.165) is 10.5 Å². The van der Waals surface area contributed by atoms with Gasteiger partial charge in [0.2, 0.25) is 5.91 Å². The number of likely N-dealkylation sites (tertiary alicyclic amines) is 1. The minimum Gasteiger partial charge on any atom is -0.480 e. The summed E-state index contributed by atoms with van der Waals surface area (Å²) in [5, 5.41) is 18.5. The minimum absolute atomic E-state index is 0.114. The molecule has 2 heterocycles. The van der Waals surface area contributed by atoms with E-state index in [1.54, 1.807) is 0 Å². The molecule has 2 aliphatic heterocycles. The summed E-state index contributed by atoms with van der Waals surface area (Å²) in [6, 6.07) is 6.93. The second-order valence-corrected chi connectivity index (χ2v) is 6.40. The molecule has 1 saturated heterocycles. The summed E-state index contributed by atoms with van der Waals surface area (Å²) in [5.74, 6) is -1.23. The number of fused-ring (bicyclic) bond motifs is 1. The summed E-state index contributed by atoms with van der Waals surface area (Å²) >= 11 is 1.48. The molecule has 1 fully saturated rings. The lowest BCUT2D eigenvalue weighted by Gasteiger charge is -2.23. The Hall–Kier alpha value is -1.53. The average molecular weight is 293 g/mol. The number of carbonyl (C=O) groups is 2. The van der Waals surface area contributed by atoms with Crippen LogP contribution in [0.1, 0.15) is 12.0 Å². The van der Waals surface area contributed by atoms with Gasteiger partial charge in [0.15, 0.2) is 0 Å². The van der Waals surface area contributed by atoms with Crippen LogP contribution < -0.4 is 0 Å². The van der Waals surface area contributed by atoms with Gasteiger partial charge in [-0.15, -0.1) is 11.8 Å². The van der Waals surface area contributed by atoms with Crippen LogP contribution in [-0.2, 0) is 16.0 Å². The van der Waals surface area contributed by atoms with Crippen molar-refractivity contribution in [3.63, 3.8) is 0 Å². The molecule has 0 spiro atoms. The number of nitrogens with zero attached hydrogens (tertiary/aromatic N) is 1. The van der Waals surface area contributed by atoms with E-state index in [1.165, 1.54) is 16.7 Å². The summed E-state index contributed by atoms with van der Waals surface area (Å²) in [6.07, 6.45) is -0.00173. The third kappa shape index (κ3) is 2.29. The zero-order chi connectivity index (χ0) is 14.3. The Morgan fingerprint density at radius 2 is 2.05 bits per heavy atom. The van der Waals surface area contributed by atoms with Crippen LogP contribution in [0.3, 0.4) is 0 Å². The van der Waals surface area contributed by atoms with Crippen molar-refractivity contribution in [2.75, 3.05) is 6.54 Å². The predicted octanol–water partition coefficient (Wildman–Crippen LogP) is 0.750. The number of carboxylic acid groups (broad SMARTS) is 1. The molecule has 0 saturated carbocycles. The Morgan fingerprint density at radius 3 is 2.75 bits per heavy atom. The first-order valence-electron chi connectivity index (χ1n) is 6.52. The molecule has 20 heavy (non-hydrogen) atoms. The van der Waals surface area contributed by atoms with Crippen molar-refractivity contribution in [1.29, 1.82) is 0 Å². The highest BCUT2D eigenvalue weighted by molar-refractivity contribution is 8.01. The summed E-state index contributed by atoms with van der Waals surface area (Å²) < 4.78 is 0. The fourth-order valence-electron chi connectivity index (χ4n) is 2.80. The van der Waals surface area contributed by atoms with Crippen LogP contribution in [0.2, 0.25) is 0 Å². The van der Waals surface area contributed by atoms with E-state index >= 15 is 0 Å². The van der Waals surface area contributed by atoms with E-state index in [4.69, 9.17) is 5.11 Å².